The summed E-state index contributed by atoms with van der Waals surface area (Å²) in [6.45, 7) is 2.87. The molecule has 0 aliphatic rings. The summed E-state index contributed by atoms with van der Waals surface area (Å²) in [4.78, 5) is 15.8. The molecule has 9 heteroatoms. The third-order valence-electron chi connectivity index (χ3n) is 3.94. The summed E-state index contributed by atoms with van der Waals surface area (Å²) in [5, 5.41) is 8.50. The standard InChI is InChI=1S/C19H17F3N2O3S/c1-10(25)11(2)28-18-13(9-23)14(19(20,21)22)8-15(24-18)12-5-6-16(26-3)17(7-12)27-4/h5-8,11H,1-4H3/t11-/m1/s1. The zero-order valence-corrected chi connectivity index (χ0v) is 16.4. The van der Waals surface area contributed by atoms with Gasteiger partial charge in [0.25, 0.3) is 0 Å². The number of carbonyl (C=O) groups excluding carboxylic acids is 1. The van der Waals surface area contributed by atoms with Crippen LogP contribution in [0.25, 0.3) is 11.3 Å². The van der Waals surface area contributed by atoms with Gasteiger partial charge in [0.1, 0.15) is 16.9 Å². The molecule has 1 atom stereocenters. The number of alkyl halides is 3. The lowest BCUT2D eigenvalue weighted by Crippen LogP contribution is -2.13. The molecule has 0 aliphatic carbocycles. The van der Waals surface area contributed by atoms with Gasteiger partial charge in [0.15, 0.2) is 11.5 Å². The van der Waals surface area contributed by atoms with Crippen LogP contribution in [0.1, 0.15) is 25.0 Å². The van der Waals surface area contributed by atoms with Gasteiger partial charge in [-0.15, -0.1) is 0 Å². The maximum atomic E-state index is 13.6. The molecule has 0 amide bonds. The molecule has 0 aliphatic heterocycles. The van der Waals surface area contributed by atoms with Crippen LogP contribution in [0.5, 0.6) is 11.5 Å². The number of methoxy groups -OCH3 is 2. The van der Waals surface area contributed by atoms with Gasteiger partial charge in [0, 0.05) is 5.56 Å². The predicted molar refractivity (Wildman–Crippen MR) is 98.5 cm³/mol. The zero-order valence-electron chi connectivity index (χ0n) is 15.5. The first-order valence-electron chi connectivity index (χ1n) is 8.04. The van der Waals surface area contributed by atoms with Crippen LogP contribution >= 0.6 is 11.8 Å². The van der Waals surface area contributed by atoms with Gasteiger partial charge in [-0.3, -0.25) is 4.79 Å². The summed E-state index contributed by atoms with van der Waals surface area (Å²) >= 11 is 0.821. The van der Waals surface area contributed by atoms with Crippen LogP contribution < -0.4 is 9.47 Å². The van der Waals surface area contributed by atoms with Gasteiger partial charge in [0.05, 0.1) is 36.3 Å². The van der Waals surface area contributed by atoms with Crippen molar-refractivity contribution in [1.82, 2.24) is 4.98 Å². The Bertz CT molecular complexity index is 939. The van der Waals surface area contributed by atoms with Crippen LogP contribution in [0.15, 0.2) is 29.3 Å². The fourth-order valence-corrected chi connectivity index (χ4v) is 3.26. The second-order valence-electron chi connectivity index (χ2n) is 5.79. The molecule has 28 heavy (non-hydrogen) atoms. The number of benzene rings is 1. The Morgan fingerprint density at radius 2 is 1.86 bits per heavy atom. The number of aromatic nitrogens is 1. The highest BCUT2D eigenvalue weighted by molar-refractivity contribution is 8.00. The number of thioether (sulfide) groups is 1. The Hall–Kier alpha value is -2.73. The maximum Gasteiger partial charge on any atom is 0.417 e. The molecule has 148 valence electrons. The largest absolute Gasteiger partial charge is 0.493 e. The number of hydrogen-bond donors (Lipinski definition) is 0. The van der Waals surface area contributed by atoms with Crippen molar-refractivity contribution >= 4 is 17.5 Å². The Kier molecular flexibility index (Phi) is 6.56. The highest BCUT2D eigenvalue weighted by Gasteiger charge is 2.36. The van der Waals surface area contributed by atoms with Gasteiger partial charge >= 0.3 is 6.18 Å². The van der Waals surface area contributed by atoms with Crippen LogP contribution in [-0.4, -0.2) is 30.2 Å². The number of ketones is 1. The number of hydrogen-bond acceptors (Lipinski definition) is 6. The number of ether oxygens (including phenoxy) is 2. The summed E-state index contributed by atoms with van der Waals surface area (Å²) in [5.41, 5.74) is -1.35. The van der Waals surface area contributed by atoms with Crippen molar-refractivity contribution in [2.45, 2.75) is 30.3 Å². The van der Waals surface area contributed by atoms with Gasteiger partial charge < -0.3 is 9.47 Å². The summed E-state index contributed by atoms with van der Waals surface area (Å²) in [6.07, 6.45) is -4.76. The highest BCUT2D eigenvalue weighted by atomic mass is 32.2. The molecule has 0 N–H and O–H groups in total. The lowest BCUT2D eigenvalue weighted by Gasteiger charge is -2.16. The fourth-order valence-electron chi connectivity index (χ4n) is 2.33. The number of rotatable bonds is 6. The van der Waals surface area contributed by atoms with Crippen molar-refractivity contribution in [3.05, 3.63) is 35.4 Å². The molecule has 0 radical (unpaired) electrons. The molecule has 0 bridgehead atoms. The molecule has 0 fully saturated rings. The Labute approximate surface area is 164 Å². The highest BCUT2D eigenvalue weighted by Crippen LogP contribution is 2.40. The van der Waals surface area contributed by atoms with E-state index in [-0.39, 0.29) is 16.5 Å². The van der Waals surface area contributed by atoms with E-state index in [1.165, 1.54) is 27.2 Å². The van der Waals surface area contributed by atoms with Crippen molar-refractivity contribution < 1.29 is 27.4 Å². The molecular weight excluding hydrogens is 393 g/mol. The molecule has 0 spiro atoms. The van der Waals surface area contributed by atoms with Crippen molar-refractivity contribution in [2.24, 2.45) is 0 Å². The Morgan fingerprint density at radius 3 is 2.36 bits per heavy atom. The van der Waals surface area contributed by atoms with E-state index < -0.39 is 22.6 Å². The average Bonchev–Trinajstić information content (AvgIpc) is 2.65. The topological polar surface area (TPSA) is 72.2 Å². The third-order valence-corrected chi connectivity index (χ3v) is 5.15. The average molecular weight is 410 g/mol. The minimum atomic E-state index is -4.76. The maximum absolute atomic E-state index is 13.6. The van der Waals surface area contributed by atoms with Crippen LogP contribution in [0.3, 0.4) is 0 Å². The second kappa shape index (κ2) is 8.52. The molecule has 0 unspecified atom stereocenters. The summed E-state index contributed by atoms with van der Waals surface area (Å²) < 4.78 is 51.0. The smallest absolute Gasteiger partial charge is 0.417 e. The van der Waals surface area contributed by atoms with E-state index >= 15 is 0 Å². The van der Waals surface area contributed by atoms with Crippen LogP contribution in [0.4, 0.5) is 13.2 Å². The van der Waals surface area contributed by atoms with Crippen molar-refractivity contribution in [2.75, 3.05) is 14.2 Å². The number of carbonyl (C=O) groups is 1. The van der Waals surface area contributed by atoms with E-state index in [0.717, 1.165) is 17.8 Å². The van der Waals surface area contributed by atoms with E-state index in [9.17, 15) is 23.2 Å². The van der Waals surface area contributed by atoms with Gasteiger partial charge in [-0.25, -0.2) is 4.98 Å². The number of pyridine rings is 1. The molecule has 2 rings (SSSR count). The molecule has 2 aromatic rings. The monoisotopic (exact) mass is 410 g/mol. The van der Waals surface area contributed by atoms with E-state index in [1.54, 1.807) is 25.1 Å². The van der Waals surface area contributed by atoms with Crippen LogP contribution in [0, 0.1) is 11.3 Å². The van der Waals surface area contributed by atoms with Crippen molar-refractivity contribution in [3.63, 3.8) is 0 Å². The van der Waals surface area contributed by atoms with E-state index in [2.05, 4.69) is 4.98 Å². The Morgan fingerprint density at radius 1 is 1.21 bits per heavy atom. The molecule has 1 aromatic heterocycles. The molecule has 1 heterocycles. The fraction of sp³-hybridized carbons (Fsp3) is 0.316. The van der Waals surface area contributed by atoms with Crippen molar-refractivity contribution in [3.8, 4) is 28.8 Å². The summed E-state index contributed by atoms with van der Waals surface area (Å²) in [6, 6.07) is 6.98. The van der Waals surface area contributed by atoms with E-state index in [0.29, 0.717) is 17.1 Å². The van der Waals surface area contributed by atoms with Crippen LogP contribution in [0.2, 0.25) is 0 Å². The SMILES string of the molecule is COc1ccc(-c2cc(C(F)(F)F)c(C#N)c(S[C@H](C)C(C)=O)n2)cc1OC. The molecule has 0 saturated carbocycles. The predicted octanol–water partition coefficient (Wildman–Crippen LogP) is 4.73. The van der Waals surface area contributed by atoms with Crippen molar-refractivity contribution in [1.29, 1.82) is 5.26 Å². The lowest BCUT2D eigenvalue weighted by atomic mass is 10.0. The molecule has 5 nitrogen and oxygen atoms in total. The third kappa shape index (κ3) is 4.57. The quantitative estimate of drug-likeness (QED) is 0.642. The Balaban J connectivity index is 2.72. The lowest BCUT2D eigenvalue weighted by molar-refractivity contribution is -0.138. The second-order valence-corrected chi connectivity index (χ2v) is 7.11. The molecule has 1 aromatic carbocycles. The first kappa shape index (κ1) is 21.6. The first-order chi connectivity index (χ1) is 13.1. The van der Waals surface area contributed by atoms with Gasteiger partial charge in [-0.1, -0.05) is 11.8 Å². The van der Waals surface area contributed by atoms with Crippen LogP contribution in [-0.2, 0) is 11.0 Å². The minimum absolute atomic E-state index is 0.00512. The van der Waals surface area contributed by atoms with E-state index in [1.807, 2.05) is 0 Å². The molecule has 0 saturated heterocycles. The van der Waals surface area contributed by atoms with E-state index in [4.69, 9.17) is 9.47 Å². The normalized spacial score (nSPS) is 12.2. The number of halogens is 3. The summed E-state index contributed by atoms with van der Waals surface area (Å²) in [5.74, 6) is 0.502. The number of Topliss-reactive ketones (excluding diaryl/α,β-unsaturated/α-hetero) is 1. The minimum Gasteiger partial charge on any atom is -0.493 e. The van der Waals surface area contributed by atoms with Gasteiger partial charge in [-0.2, -0.15) is 18.4 Å². The molecular formula is C19H17F3N2O3S. The number of nitrogens with zero attached hydrogens (tertiary/aromatic N) is 2. The van der Waals surface area contributed by atoms with Gasteiger partial charge in [0.2, 0.25) is 0 Å². The number of nitriles is 1. The summed E-state index contributed by atoms with van der Waals surface area (Å²) in [7, 11) is 2.85. The zero-order chi connectivity index (χ0) is 21.1. The first-order valence-corrected chi connectivity index (χ1v) is 8.92. The van der Waals surface area contributed by atoms with Gasteiger partial charge in [-0.05, 0) is 38.1 Å².